The molecular formula is C33H36IrN6-4. The summed E-state index contributed by atoms with van der Waals surface area (Å²) in [5, 5.41) is 17.3. The summed E-state index contributed by atoms with van der Waals surface area (Å²) in [5.41, 5.74) is 5.40. The summed E-state index contributed by atoms with van der Waals surface area (Å²) in [7, 11) is 3.94. The van der Waals surface area contributed by atoms with E-state index < -0.39 is 0 Å². The van der Waals surface area contributed by atoms with Gasteiger partial charge in [-0.3, -0.25) is 0 Å². The van der Waals surface area contributed by atoms with E-state index >= 15 is 0 Å². The summed E-state index contributed by atoms with van der Waals surface area (Å²) in [4.78, 5) is 7.94. The van der Waals surface area contributed by atoms with Gasteiger partial charge in [0.2, 0.25) is 0 Å². The largest absolute Gasteiger partial charge is 0.510 e. The number of allylic oxidation sites excluding steroid dienone is 4. The van der Waals surface area contributed by atoms with Crippen LogP contribution >= 0.6 is 0 Å². The Morgan fingerprint density at radius 1 is 0.800 bits per heavy atom. The van der Waals surface area contributed by atoms with Crippen LogP contribution in [-0.4, -0.2) is 23.9 Å². The third-order valence-electron chi connectivity index (χ3n) is 6.78. The molecule has 7 heteroatoms. The molecule has 1 unspecified atom stereocenters. The van der Waals surface area contributed by atoms with Crippen LogP contribution in [0.1, 0.15) is 36.8 Å². The molecule has 2 aliphatic heterocycles. The molecule has 1 atom stereocenters. The van der Waals surface area contributed by atoms with E-state index in [9.17, 15) is 0 Å². The van der Waals surface area contributed by atoms with E-state index in [2.05, 4.69) is 37.3 Å². The molecule has 2 aromatic rings. The van der Waals surface area contributed by atoms with E-state index in [1.165, 1.54) is 31.3 Å². The number of rotatable bonds is 2. The van der Waals surface area contributed by atoms with Gasteiger partial charge < -0.3 is 27.0 Å². The van der Waals surface area contributed by atoms with Gasteiger partial charge in [0.25, 0.3) is 0 Å². The van der Waals surface area contributed by atoms with Crippen LogP contribution in [0.25, 0.3) is 0 Å². The van der Waals surface area contributed by atoms with Crippen LogP contribution < -0.4 is 9.80 Å². The van der Waals surface area contributed by atoms with Gasteiger partial charge in [-0.15, -0.1) is 6.42 Å². The van der Waals surface area contributed by atoms with E-state index in [1.807, 2.05) is 120 Å². The molecule has 0 saturated heterocycles. The Labute approximate surface area is 254 Å². The summed E-state index contributed by atoms with van der Waals surface area (Å²) in [5.74, 6) is 0. The maximum atomic E-state index is 8.64. The van der Waals surface area contributed by atoms with E-state index in [4.69, 9.17) is 10.5 Å². The molecule has 40 heavy (non-hydrogen) atoms. The molecule has 1 spiro atoms. The molecule has 2 aliphatic carbocycles. The first-order chi connectivity index (χ1) is 18.4. The zero-order valence-corrected chi connectivity index (χ0v) is 25.8. The number of benzene rings is 2. The smallest absolute Gasteiger partial charge is 0.0991 e. The van der Waals surface area contributed by atoms with E-state index in [0.29, 0.717) is 16.5 Å². The van der Waals surface area contributed by atoms with Crippen molar-refractivity contribution in [3.05, 3.63) is 136 Å². The van der Waals surface area contributed by atoms with Crippen molar-refractivity contribution in [3.63, 3.8) is 0 Å². The molecule has 1 radical (unpaired) electrons. The maximum Gasteiger partial charge on any atom is 0.0991 e. The van der Waals surface area contributed by atoms with Crippen LogP contribution in [0.15, 0.2) is 97.1 Å². The van der Waals surface area contributed by atoms with Crippen LogP contribution in [0.5, 0.6) is 0 Å². The fourth-order valence-electron chi connectivity index (χ4n) is 4.57. The number of nitriles is 2. The fraction of sp³-hybridized carbons (Fsp3) is 0.212. The SMILES string of the molecule is CN1C=CN(c2ccc(C#N)cc2)[CH-]1.CN1C=CN(c2ccc(C#N)cc2)[CH-]1.[CH2-]C1=CCCC2(C=CC2)C1.[CH3-].[Ir]. The van der Waals surface area contributed by atoms with Gasteiger partial charge in [-0.1, -0.05) is 25.0 Å². The predicted octanol–water partition coefficient (Wildman–Crippen LogP) is 7.13. The van der Waals surface area contributed by atoms with Crippen molar-refractivity contribution in [1.29, 1.82) is 10.5 Å². The van der Waals surface area contributed by atoms with Crippen LogP contribution in [0.2, 0.25) is 0 Å². The van der Waals surface area contributed by atoms with Crippen LogP contribution in [0, 0.1) is 55.8 Å². The minimum Gasteiger partial charge on any atom is -0.510 e. The Morgan fingerprint density at radius 2 is 1.25 bits per heavy atom. The van der Waals surface area contributed by atoms with E-state index in [-0.39, 0.29) is 27.5 Å². The number of anilines is 2. The van der Waals surface area contributed by atoms with E-state index in [0.717, 1.165) is 11.4 Å². The Morgan fingerprint density at radius 3 is 1.52 bits per heavy atom. The average molecular weight is 709 g/mol. The molecule has 0 aromatic heterocycles. The molecular weight excluding hydrogens is 673 g/mol. The second-order valence-corrected chi connectivity index (χ2v) is 9.84. The Balaban J connectivity index is 0.000000208. The third-order valence-corrected chi connectivity index (χ3v) is 6.78. The molecule has 0 bridgehead atoms. The first-order valence-electron chi connectivity index (χ1n) is 12.7. The quantitative estimate of drug-likeness (QED) is 0.245. The summed E-state index contributed by atoms with van der Waals surface area (Å²) in [6, 6.07) is 19.2. The molecule has 0 N–H and O–H groups in total. The summed E-state index contributed by atoms with van der Waals surface area (Å²) < 4.78 is 0. The number of hydrogen-bond acceptors (Lipinski definition) is 6. The van der Waals surface area contributed by atoms with Gasteiger partial charge in [0.1, 0.15) is 0 Å². The van der Waals surface area contributed by atoms with Crippen LogP contribution in [-0.2, 0) is 20.1 Å². The standard InChI is InChI=1S/2C11H10N3.C10H13.CH3.Ir/c2*1-13-6-7-14(9-13)11-4-2-10(8-12)3-5-11;1-9-4-2-5-10(8-9)6-3-7-10;;/h2*2-7,9H,1H3;3-4,6H,1-2,5,7-8H2;1H3;/q4*-1;. The van der Waals surface area contributed by atoms with Gasteiger partial charge in [0.15, 0.2) is 0 Å². The van der Waals surface area contributed by atoms with Gasteiger partial charge in [-0.2, -0.15) is 23.9 Å². The first kappa shape index (κ1) is 32.3. The average Bonchev–Trinajstić information content (AvgIpc) is 3.57. The van der Waals surface area contributed by atoms with Crippen molar-refractivity contribution in [2.75, 3.05) is 23.9 Å². The van der Waals surface area contributed by atoms with Crippen molar-refractivity contribution < 1.29 is 20.1 Å². The van der Waals surface area contributed by atoms with Gasteiger partial charge >= 0.3 is 0 Å². The van der Waals surface area contributed by atoms with Gasteiger partial charge in [0.05, 0.1) is 23.3 Å². The molecule has 0 saturated carbocycles. The maximum absolute atomic E-state index is 8.64. The van der Waals surface area contributed by atoms with Gasteiger partial charge in [0, 0.05) is 31.5 Å². The Kier molecular flexibility index (Phi) is 12.1. The van der Waals surface area contributed by atoms with Crippen molar-refractivity contribution in [2.45, 2.75) is 25.7 Å². The molecule has 2 aromatic carbocycles. The molecule has 6 nitrogen and oxygen atoms in total. The predicted molar refractivity (Wildman–Crippen MR) is 160 cm³/mol. The summed E-state index contributed by atoms with van der Waals surface area (Å²) >= 11 is 0. The second-order valence-electron chi connectivity index (χ2n) is 9.84. The monoisotopic (exact) mass is 709 g/mol. The minimum absolute atomic E-state index is 0. The zero-order valence-electron chi connectivity index (χ0n) is 23.4. The number of hydrogen-bond donors (Lipinski definition) is 0. The summed E-state index contributed by atoms with van der Waals surface area (Å²) in [6.07, 6.45) is 19.9. The van der Waals surface area contributed by atoms with Gasteiger partial charge in [-0.05, 0) is 99.3 Å². The molecule has 0 amide bonds. The molecule has 0 fully saturated rings. The van der Waals surface area contributed by atoms with Crippen LogP contribution in [0.4, 0.5) is 11.4 Å². The van der Waals surface area contributed by atoms with Crippen LogP contribution in [0.3, 0.4) is 0 Å². The van der Waals surface area contributed by atoms with Gasteiger partial charge in [-0.25, -0.2) is 18.6 Å². The topological polar surface area (TPSA) is 60.5 Å². The molecule has 2 heterocycles. The zero-order chi connectivity index (χ0) is 27.0. The van der Waals surface area contributed by atoms with Crippen molar-refractivity contribution >= 4 is 11.4 Å². The Hall–Kier alpha value is -3.90. The molecule has 211 valence electrons. The molecule has 6 rings (SSSR count). The third kappa shape index (κ3) is 8.55. The van der Waals surface area contributed by atoms with Crippen molar-refractivity contribution in [1.82, 2.24) is 9.80 Å². The fourth-order valence-corrected chi connectivity index (χ4v) is 4.57. The minimum atomic E-state index is 0. The Bertz CT molecular complexity index is 1220. The van der Waals surface area contributed by atoms with E-state index in [1.54, 1.807) is 0 Å². The van der Waals surface area contributed by atoms with Crippen molar-refractivity contribution in [3.8, 4) is 12.1 Å². The second kappa shape index (κ2) is 15.0. The normalized spacial score (nSPS) is 19.6. The van der Waals surface area contributed by atoms with Crippen molar-refractivity contribution in [2.24, 2.45) is 5.41 Å². The molecule has 4 aliphatic rings. The first-order valence-corrected chi connectivity index (χ1v) is 12.7. The summed E-state index contributed by atoms with van der Waals surface area (Å²) in [6.45, 7) is 7.95. The number of nitrogens with zero attached hydrogens (tertiary/aromatic N) is 6.